The number of rotatable bonds is 4. The first-order valence-corrected chi connectivity index (χ1v) is 6.45. The molecule has 2 rings (SSSR count). The SMILES string of the molecule is COc1ncc(Cl)c(Oc2ccc(Br)cc2C(=O)O)n1. The van der Waals surface area contributed by atoms with Gasteiger partial charge in [-0.3, -0.25) is 0 Å². The summed E-state index contributed by atoms with van der Waals surface area (Å²) < 4.78 is 10.9. The molecule has 0 aliphatic rings. The maximum absolute atomic E-state index is 11.2. The highest BCUT2D eigenvalue weighted by Gasteiger charge is 2.15. The van der Waals surface area contributed by atoms with Gasteiger partial charge in [0.1, 0.15) is 16.3 Å². The van der Waals surface area contributed by atoms with Crippen LogP contribution in [0.2, 0.25) is 5.02 Å². The summed E-state index contributed by atoms with van der Waals surface area (Å²) in [5.41, 5.74) is -0.0204. The molecule has 104 valence electrons. The fraction of sp³-hybridized carbons (Fsp3) is 0.0833. The normalized spacial score (nSPS) is 10.2. The van der Waals surface area contributed by atoms with Gasteiger partial charge in [-0.2, -0.15) is 4.98 Å². The highest BCUT2D eigenvalue weighted by Crippen LogP contribution is 2.31. The number of aromatic nitrogens is 2. The molecule has 0 unspecified atom stereocenters. The minimum Gasteiger partial charge on any atom is -0.478 e. The standard InChI is InChI=1S/C12H8BrClN2O4/c1-19-12-15-5-8(14)10(16-12)20-9-3-2-6(13)4-7(9)11(17)18/h2-5H,1H3,(H,17,18). The molecular formula is C12H8BrClN2O4. The lowest BCUT2D eigenvalue weighted by atomic mass is 10.2. The predicted molar refractivity (Wildman–Crippen MR) is 74.8 cm³/mol. The van der Waals surface area contributed by atoms with E-state index < -0.39 is 5.97 Å². The first kappa shape index (κ1) is 14.5. The topological polar surface area (TPSA) is 81.5 Å². The van der Waals surface area contributed by atoms with E-state index in [1.807, 2.05) is 0 Å². The lowest BCUT2D eigenvalue weighted by Crippen LogP contribution is -2.02. The minimum atomic E-state index is -1.13. The zero-order valence-electron chi connectivity index (χ0n) is 10.1. The van der Waals surface area contributed by atoms with Crippen molar-refractivity contribution in [3.05, 3.63) is 39.5 Å². The van der Waals surface area contributed by atoms with E-state index >= 15 is 0 Å². The van der Waals surface area contributed by atoms with Crippen LogP contribution in [0.3, 0.4) is 0 Å². The van der Waals surface area contributed by atoms with Gasteiger partial charge in [0.15, 0.2) is 0 Å². The average molecular weight is 360 g/mol. The van der Waals surface area contributed by atoms with Gasteiger partial charge in [-0.15, -0.1) is 0 Å². The zero-order chi connectivity index (χ0) is 14.7. The van der Waals surface area contributed by atoms with E-state index in [9.17, 15) is 4.79 Å². The number of ether oxygens (including phenoxy) is 2. The van der Waals surface area contributed by atoms with Gasteiger partial charge < -0.3 is 14.6 Å². The molecule has 8 heteroatoms. The Balaban J connectivity index is 2.42. The highest BCUT2D eigenvalue weighted by atomic mass is 79.9. The van der Waals surface area contributed by atoms with Gasteiger partial charge in [-0.1, -0.05) is 27.5 Å². The number of carboxylic acids is 1. The number of carbonyl (C=O) groups is 1. The van der Waals surface area contributed by atoms with Crippen molar-refractivity contribution in [2.75, 3.05) is 7.11 Å². The van der Waals surface area contributed by atoms with Crippen molar-refractivity contribution in [2.45, 2.75) is 0 Å². The van der Waals surface area contributed by atoms with Gasteiger partial charge in [-0.25, -0.2) is 9.78 Å². The van der Waals surface area contributed by atoms with Crippen LogP contribution in [-0.2, 0) is 0 Å². The summed E-state index contributed by atoms with van der Waals surface area (Å²) >= 11 is 9.10. The van der Waals surface area contributed by atoms with Gasteiger partial charge in [0.05, 0.1) is 13.3 Å². The number of aromatic carboxylic acids is 1. The van der Waals surface area contributed by atoms with Gasteiger partial charge in [-0.05, 0) is 18.2 Å². The molecule has 0 saturated carbocycles. The van der Waals surface area contributed by atoms with E-state index in [0.29, 0.717) is 4.47 Å². The van der Waals surface area contributed by atoms with E-state index in [1.54, 1.807) is 6.07 Å². The molecule has 0 aliphatic heterocycles. The monoisotopic (exact) mass is 358 g/mol. The summed E-state index contributed by atoms with van der Waals surface area (Å²) in [5.74, 6) is -0.995. The van der Waals surface area contributed by atoms with E-state index in [0.717, 1.165) is 0 Å². The second kappa shape index (κ2) is 6.06. The molecule has 0 saturated heterocycles. The molecule has 1 aromatic carbocycles. The Labute approximate surface area is 127 Å². The Bertz CT molecular complexity index is 666. The number of benzene rings is 1. The Morgan fingerprint density at radius 2 is 2.20 bits per heavy atom. The molecule has 1 aromatic heterocycles. The first-order chi connectivity index (χ1) is 9.51. The highest BCUT2D eigenvalue weighted by molar-refractivity contribution is 9.10. The lowest BCUT2D eigenvalue weighted by Gasteiger charge is -2.10. The molecule has 0 aliphatic carbocycles. The van der Waals surface area contributed by atoms with Crippen molar-refractivity contribution >= 4 is 33.5 Å². The lowest BCUT2D eigenvalue weighted by molar-refractivity contribution is 0.0694. The molecule has 1 N–H and O–H groups in total. The molecule has 0 amide bonds. The van der Waals surface area contributed by atoms with Crippen LogP contribution in [0.5, 0.6) is 17.6 Å². The summed E-state index contributed by atoms with van der Waals surface area (Å²) in [5, 5.41) is 9.29. The number of halogens is 2. The van der Waals surface area contributed by atoms with Gasteiger partial charge in [0, 0.05) is 4.47 Å². The Hall–Kier alpha value is -1.86. The van der Waals surface area contributed by atoms with Crippen molar-refractivity contribution in [3.63, 3.8) is 0 Å². The Morgan fingerprint density at radius 3 is 2.85 bits per heavy atom. The van der Waals surface area contributed by atoms with Crippen molar-refractivity contribution in [2.24, 2.45) is 0 Å². The number of nitrogens with zero attached hydrogens (tertiary/aromatic N) is 2. The average Bonchev–Trinajstić information content (AvgIpc) is 2.42. The van der Waals surface area contributed by atoms with Gasteiger partial charge >= 0.3 is 12.0 Å². The predicted octanol–water partition coefficient (Wildman–Crippen LogP) is 3.39. The molecule has 6 nitrogen and oxygen atoms in total. The van der Waals surface area contributed by atoms with Crippen LogP contribution < -0.4 is 9.47 Å². The quantitative estimate of drug-likeness (QED) is 0.901. The molecule has 0 spiro atoms. The van der Waals surface area contributed by atoms with Crippen LogP contribution in [-0.4, -0.2) is 28.2 Å². The van der Waals surface area contributed by atoms with Crippen LogP contribution in [0.25, 0.3) is 0 Å². The second-order valence-electron chi connectivity index (χ2n) is 3.56. The third-order valence-electron chi connectivity index (χ3n) is 2.25. The smallest absolute Gasteiger partial charge is 0.339 e. The summed E-state index contributed by atoms with van der Waals surface area (Å²) in [6, 6.07) is 4.63. The van der Waals surface area contributed by atoms with E-state index in [4.69, 9.17) is 26.2 Å². The number of methoxy groups -OCH3 is 1. The molecule has 20 heavy (non-hydrogen) atoms. The Kier molecular flexibility index (Phi) is 4.41. The van der Waals surface area contributed by atoms with Crippen LogP contribution in [0.15, 0.2) is 28.9 Å². The van der Waals surface area contributed by atoms with Crippen molar-refractivity contribution < 1.29 is 19.4 Å². The third kappa shape index (κ3) is 3.17. The maximum atomic E-state index is 11.2. The molecule has 0 bridgehead atoms. The maximum Gasteiger partial charge on any atom is 0.339 e. The first-order valence-electron chi connectivity index (χ1n) is 5.28. The van der Waals surface area contributed by atoms with E-state index in [-0.39, 0.29) is 28.2 Å². The summed E-state index contributed by atoms with van der Waals surface area (Å²) in [6.07, 6.45) is 1.31. The van der Waals surface area contributed by atoms with Crippen LogP contribution in [0.1, 0.15) is 10.4 Å². The fourth-order valence-electron chi connectivity index (χ4n) is 1.37. The number of hydrogen-bond donors (Lipinski definition) is 1. The zero-order valence-corrected chi connectivity index (χ0v) is 12.5. The van der Waals surface area contributed by atoms with Crippen molar-refractivity contribution in [1.29, 1.82) is 0 Å². The molecule has 0 fully saturated rings. The molecule has 2 aromatic rings. The molecular weight excluding hydrogens is 351 g/mol. The van der Waals surface area contributed by atoms with Crippen LogP contribution in [0.4, 0.5) is 0 Å². The van der Waals surface area contributed by atoms with Crippen molar-refractivity contribution in [3.8, 4) is 17.6 Å². The summed E-state index contributed by atoms with van der Waals surface area (Å²) in [6.45, 7) is 0. The number of carboxylic acid groups (broad SMARTS) is 1. The third-order valence-corrected chi connectivity index (χ3v) is 3.00. The largest absolute Gasteiger partial charge is 0.478 e. The molecule has 1 heterocycles. The van der Waals surface area contributed by atoms with Crippen LogP contribution in [0, 0.1) is 0 Å². The summed E-state index contributed by atoms with van der Waals surface area (Å²) in [4.78, 5) is 18.9. The van der Waals surface area contributed by atoms with E-state index in [1.165, 1.54) is 25.4 Å². The summed E-state index contributed by atoms with van der Waals surface area (Å²) in [7, 11) is 1.40. The van der Waals surface area contributed by atoms with Gasteiger partial charge in [0.25, 0.3) is 0 Å². The van der Waals surface area contributed by atoms with Crippen LogP contribution >= 0.6 is 27.5 Å². The fourth-order valence-corrected chi connectivity index (χ4v) is 1.86. The van der Waals surface area contributed by atoms with E-state index in [2.05, 4.69) is 25.9 Å². The van der Waals surface area contributed by atoms with Gasteiger partial charge in [0.2, 0.25) is 5.88 Å². The van der Waals surface area contributed by atoms with Crippen molar-refractivity contribution in [1.82, 2.24) is 9.97 Å². The molecule has 0 atom stereocenters. The molecule has 0 radical (unpaired) electrons. The Morgan fingerprint density at radius 1 is 1.45 bits per heavy atom. The second-order valence-corrected chi connectivity index (χ2v) is 4.88. The number of hydrogen-bond acceptors (Lipinski definition) is 5. The minimum absolute atomic E-state index is 0.0170.